The van der Waals surface area contributed by atoms with Crippen LogP contribution in [0.15, 0.2) is 41.3 Å². The number of para-hydroxylation sites is 1. The minimum atomic E-state index is -0.614. The Kier molecular flexibility index (Phi) is 4.50. The number of aromatic nitrogens is 5. The van der Waals surface area contributed by atoms with Gasteiger partial charge in [0.1, 0.15) is 11.7 Å². The van der Waals surface area contributed by atoms with Gasteiger partial charge in [0, 0.05) is 12.7 Å². The molecule has 0 bridgehead atoms. The molecular formula is C18H22N6O2. The van der Waals surface area contributed by atoms with E-state index in [9.17, 15) is 9.59 Å². The van der Waals surface area contributed by atoms with Crippen molar-refractivity contribution in [3.05, 3.63) is 52.6 Å². The summed E-state index contributed by atoms with van der Waals surface area (Å²) in [6.45, 7) is 5.61. The molecule has 8 nitrogen and oxygen atoms in total. The van der Waals surface area contributed by atoms with Gasteiger partial charge in [-0.3, -0.25) is 14.3 Å². The van der Waals surface area contributed by atoms with E-state index < -0.39 is 11.9 Å². The average molecular weight is 354 g/mol. The van der Waals surface area contributed by atoms with Crippen LogP contribution in [0.5, 0.6) is 0 Å². The highest BCUT2D eigenvalue weighted by atomic mass is 16.1. The van der Waals surface area contributed by atoms with Gasteiger partial charge in [-0.05, 0) is 25.0 Å². The first-order valence-corrected chi connectivity index (χ1v) is 8.38. The summed E-state index contributed by atoms with van der Waals surface area (Å²) in [6.07, 6.45) is 1.61. The Bertz CT molecular complexity index is 997. The van der Waals surface area contributed by atoms with Gasteiger partial charge in [0.15, 0.2) is 0 Å². The zero-order valence-electron chi connectivity index (χ0n) is 15.2. The van der Waals surface area contributed by atoms with Crippen LogP contribution < -0.4 is 11.3 Å². The lowest BCUT2D eigenvalue weighted by Crippen LogP contribution is -2.30. The van der Waals surface area contributed by atoms with Gasteiger partial charge in [0.2, 0.25) is 5.91 Å². The lowest BCUT2D eigenvalue weighted by atomic mass is 10.0. The number of primary amides is 1. The van der Waals surface area contributed by atoms with Crippen LogP contribution >= 0.6 is 0 Å². The molecule has 0 spiro atoms. The number of rotatable bonds is 5. The molecule has 0 fully saturated rings. The fourth-order valence-corrected chi connectivity index (χ4v) is 3.15. The minimum absolute atomic E-state index is 0.0418. The summed E-state index contributed by atoms with van der Waals surface area (Å²) in [6, 6.07) is 8.76. The predicted molar refractivity (Wildman–Crippen MR) is 97.8 cm³/mol. The molecule has 3 rings (SSSR count). The smallest absolute Gasteiger partial charge is 0.281 e. The average Bonchev–Trinajstić information content (AvgIpc) is 3.11. The molecule has 1 aromatic carbocycles. The van der Waals surface area contributed by atoms with Gasteiger partial charge in [0.25, 0.3) is 5.56 Å². The highest BCUT2D eigenvalue weighted by Gasteiger charge is 2.25. The number of benzene rings is 1. The van der Waals surface area contributed by atoms with Crippen LogP contribution in [-0.2, 0) is 11.8 Å². The summed E-state index contributed by atoms with van der Waals surface area (Å²) >= 11 is 0. The molecule has 136 valence electrons. The van der Waals surface area contributed by atoms with Crippen molar-refractivity contribution in [1.29, 1.82) is 0 Å². The van der Waals surface area contributed by atoms with Crippen molar-refractivity contribution in [3.63, 3.8) is 0 Å². The van der Waals surface area contributed by atoms with Crippen molar-refractivity contribution in [2.24, 2.45) is 18.7 Å². The highest BCUT2D eigenvalue weighted by Crippen LogP contribution is 2.22. The van der Waals surface area contributed by atoms with Crippen molar-refractivity contribution in [1.82, 2.24) is 24.4 Å². The Morgan fingerprint density at radius 2 is 1.85 bits per heavy atom. The maximum atomic E-state index is 13.0. The van der Waals surface area contributed by atoms with Crippen molar-refractivity contribution in [2.45, 2.75) is 26.8 Å². The second-order valence-electron chi connectivity index (χ2n) is 6.61. The fourth-order valence-electron chi connectivity index (χ4n) is 3.15. The van der Waals surface area contributed by atoms with Crippen LogP contribution in [0.1, 0.15) is 25.6 Å². The van der Waals surface area contributed by atoms with Crippen LogP contribution in [-0.4, -0.2) is 30.3 Å². The summed E-state index contributed by atoms with van der Waals surface area (Å²) in [5, 5.41) is 8.16. The molecule has 0 saturated carbocycles. The van der Waals surface area contributed by atoms with Crippen molar-refractivity contribution < 1.29 is 4.79 Å². The van der Waals surface area contributed by atoms with E-state index in [1.54, 1.807) is 15.6 Å². The van der Waals surface area contributed by atoms with E-state index in [1.165, 1.54) is 4.68 Å². The van der Waals surface area contributed by atoms with E-state index in [-0.39, 0.29) is 11.5 Å². The zero-order chi connectivity index (χ0) is 19.0. The van der Waals surface area contributed by atoms with Crippen molar-refractivity contribution in [3.8, 4) is 16.9 Å². The summed E-state index contributed by atoms with van der Waals surface area (Å²) < 4.78 is 4.79. The van der Waals surface area contributed by atoms with Crippen molar-refractivity contribution in [2.75, 3.05) is 0 Å². The maximum absolute atomic E-state index is 13.0. The van der Waals surface area contributed by atoms with Gasteiger partial charge in [-0.1, -0.05) is 37.3 Å². The third kappa shape index (κ3) is 2.83. The highest BCUT2D eigenvalue weighted by molar-refractivity contribution is 5.78. The molecule has 26 heavy (non-hydrogen) atoms. The molecule has 0 saturated heterocycles. The van der Waals surface area contributed by atoms with Crippen LogP contribution in [0.25, 0.3) is 16.9 Å². The summed E-state index contributed by atoms with van der Waals surface area (Å²) in [7, 11) is 1.82. The number of nitrogens with two attached hydrogens (primary N) is 1. The van der Waals surface area contributed by atoms with Crippen molar-refractivity contribution >= 4 is 5.91 Å². The molecule has 0 radical (unpaired) electrons. The van der Waals surface area contributed by atoms with Gasteiger partial charge < -0.3 is 5.73 Å². The largest absolute Gasteiger partial charge is 0.368 e. The summed E-state index contributed by atoms with van der Waals surface area (Å²) in [5.74, 6) is -0.525. The third-order valence-electron chi connectivity index (χ3n) is 4.53. The van der Waals surface area contributed by atoms with Gasteiger partial charge in [-0.15, -0.1) is 5.10 Å². The Morgan fingerprint density at radius 3 is 2.42 bits per heavy atom. The topological polar surface area (TPSA) is 101 Å². The molecule has 1 atom stereocenters. The molecule has 3 aromatic rings. The maximum Gasteiger partial charge on any atom is 0.281 e. The monoisotopic (exact) mass is 354 g/mol. The van der Waals surface area contributed by atoms with E-state index in [4.69, 9.17) is 5.73 Å². The molecule has 8 heteroatoms. The summed E-state index contributed by atoms with van der Waals surface area (Å²) in [5.41, 5.74) is 7.69. The zero-order valence-corrected chi connectivity index (χ0v) is 15.2. The van der Waals surface area contributed by atoms with Crippen LogP contribution in [0.3, 0.4) is 0 Å². The first-order valence-electron chi connectivity index (χ1n) is 8.38. The molecule has 1 amide bonds. The summed E-state index contributed by atoms with van der Waals surface area (Å²) in [4.78, 5) is 24.8. The lowest BCUT2D eigenvalue weighted by molar-refractivity contribution is -0.122. The molecule has 0 aliphatic carbocycles. The van der Waals surface area contributed by atoms with Gasteiger partial charge in [-0.25, -0.2) is 9.36 Å². The minimum Gasteiger partial charge on any atom is -0.368 e. The molecule has 0 aliphatic rings. The van der Waals surface area contributed by atoms with E-state index in [0.29, 0.717) is 11.3 Å². The molecule has 0 unspecified atom stereocenters. The van der Waals surface area contributed by atoms with Gasteiger partial charge in [0.05, 0.1) is 17.4 Å². The fraction of sp³-hybridized carbons (Fsp3) is 0.333. The van der Waals surface area contributed by atoms with E-state index in [2.05, 4.69) is 10.3 Å². The number of carbonyl (C=O) groups excluding carboxylic acids is 1. The number of hydrogen-bond acceptors (Lipinski definition) is 4. The lowest BCUT2D eigenvalue weighted by Gasteiger charge is -2.16. The molecule has 2 heterocycles. The SMILES string of the molecule is Cc1c(-c2cn([C@H](C(N)=O)C(C)C)nn2)c(=O)n(-c2ccccc2)n1C. The van der Waals surface area contributed by atoms with Crippen LogP contribution in [0.2, 0.25) is 0 Å². The molecule has 0 aliphatic heterocycles. The Morgan fingerprint density at radius 1 is 1.19 bits per heavy atom. The van der Waals surface area contributed by atoms with Gasteiger partial charge in [-0.2, -0.15) is 0 Å². The number of carbonyl (C=O) groups is 1. The second-order valence-corrected chi connectivity index (χ2v) is 6.61. The molecular weight excluding hydrogens is 332 g/mol. The quantitative estimate of drug-likeness (QED) is 0.749. The van der Waals surface area contributed by atoms with Crippen LogP contribution in [0.4, 0.5) is 0 Å². The van der Waals surface area contributed by atoms with Gasteiger partial charge >= 0.3 is 0 Å². The third-order valence-corrected chi connectivity index (χ3v) is 4.53. The van der Waals surface area contributed by atoms with Crippen LogP contribution in [0, 0.1) is 12.8 Å². The normalized spacial score (nSPS) is 12.5. The first kappa shape index (κ1) is 17.7. The van der Waals surface area contributed by atoms with E-state index in [0.717, 1.165) is 11.4 Å². The van der Waals surface area contributed by atoms with E-state index in [1.807, 2.05) is 58.2 Å². The standard InChI is InChI=1S/C18H22N6O2/c1-11(2)16(17(19)25)23-10-14(20-21-23)15-12(3)22(4)24(18(15)26)13-8-6-5-7-9-13/h5-11,16H,1-4H3,(H2,19,25)/t16-/m0/s1. The first-order chi connectivity index (χ1) is 12.3. The number of amides is 1. The Balaban J connectivity index is 2.12. The number of hydrogen-bond donors (Lipinski definition) is 1. The second kappa shape index (κ2) is 6.62. The Hall–Kier alpha value is -3.16. The number of nitrogens with zero attached hydrogens (tertiary/aromatic N) is 5. The molecule has 2 aromatic heterocycles. The Labute approximate surface area is 150 Å². The molecule has 2 N–H and O–H groups in total. The van der Waals surface area contributed by atoms with E-state index >= 15 is 0 Å². The predicted octanol–water partition coefficient (Wildman–Crippen LogP) is 1.43.